The molecule has 0 aliphatic rings. The molecule has 0 spiro atoms. The Hall–Kier alpha value is -1.11. The van der Waals surface area contributed by atoms with Gasteiger partial charge in [0.2, 0.25) is 0 Å². The van der Waals surface area contributed by atoms with E-state index in [0.717, 1.165) is 5.56 Å². The van der Waals surface area contributed by atoms with Crippen LogP contribution in [-0.4, -0.2) is 17.2 Å². The number of nitrogens with two attached hydrogens (primary N) is 1. The van der Waals surface area contributed by atoms with Crippen molar-refractivity contribution in [1.82, 2.24) is 5.32 Å². The highest BCUT2D eigenvalue weighted by atomic mass is 32.1. The number of nitrogens with one attached hydrogen (secondary N) is 1. The molecule has 0 aromatic heterocycles. The van der Waals surface area contributed by atoms with E-state index in [2.05, 4.69) is 17.9 Å². The Morgan fingerprint density at radius 3 is 2.53 bits per heavy atom. The summed E-state index contributed by atoms with van der Waals surface area (Å²) in [5.41, 5.74) is 6.68. The van der Waals surface area contributed by atoms with Crippen molar-refractivity contribution in [3.8, 4) is 0 Å². The van der Waals surface area contributed by atoms with Gasteiger partial charge in [-0.3, -0.25) is 15.4 Å². The molecule has 0 aliphatic carbocycles. The molecule has 0 fully saturated rings. The third-order valence-electron chi connectivity index (χ3n) is 1.94. The Balaban J connectivity index is 2.66. The average Bonchev–Trinajstić information content (AvgIpc) is 2.26. The van der Waals surface area contributed by atoms with Crippen LogP contribution in [0, 0.1) is 10.1 Å². The van der Waals surface area contributed by atoms with Gasteiger partial charge in [0.25, 0.3) is 5.69 Å². The van der Waals surface area contributed by atoms with Gasteiger partial charge < -0.3 is 5.73 Å². The lowest BCUT2D eigenvalue weighted by Gasteiger charge is -2.12. The normalized spacial score (nSPS) is 12.4. The lowest BCUT2D eigenvalue weighted by Crippen LogP contribution is -2.30. The second kappa shape index (κ2) is 5.69. The van der Waals surface area contributed by atoms with Gasteiger partial charge in [0, 0.05) is 24.4 Å². The van der Waals surface area contributed by atoms with Gasteiger partial charge in [-0.15, -0.1) is 0 Å². The molecule has 0 bridgehead atoms. The summed E-state index contributed by atoms with van der Waals surface area (Å²) in [5, 5.41) is 13.4. The molecular formula is C9H13N3O2S. The summed E-state index contributed by atoms with van der Waals surface area (Å²) in [7, 11) is 0. The molecule has 1 aromatic carbocycles. The molecule has 1 atom stereocenters. The lowest BCUT2D eigenvalue weighted by molar-refractivity contribution is -0.384. The number of benzene rings is 1. The second-order valence-corrected chi connectivity index (χ2v) is 3.45. The van der Waals surface area contributed by atoms with Crippen LogP contribution in [0.2, 0.25) is 0 Å². The highest BCUT2D eigenvalue weighted by Gasteiger charge is 2.07. The third-order valence-corrected chi connectivity index (χ3v) is 2.16. The van der Waals surface area contributed by atoms with Crippen molar-refractivity contribution in [2.75, 3.05) is 12.3 Å². The van der Waals surface area contributed by atoms with Crippen LogP contribution >= 0.6 is 12.6 Å². The van der Waals surface area contributed by atoms with Crippen LogP contribution < -0.4 is 11.1 Å². The molecule has 0 heterocycles. The van der Waals surface area contributed by atoms with E-state index in [0.29, 0.717) is 12.3 Å². The number of hydrogen-bond donors (Lipinski definition) is 3. The number of nitro benzene ring substituents is 1. The van der Waals surface area contributed by atoms with Crippen molar-refractivity contribution in [2.24, 2.45) is 5.73 Å². The summed E-state index contributed by atoms with van der Waals surface area (Å²) in [6.07, 6.45) is -0.307. The first-order valence-electron chi connectivity index (χ1n) is 4.49. The Morgan fingerprint density at radius 1 is 1.47 bits per heavy atom. The van der Waals surface area contributed by atoms with Crippen LogP contribution in [0.1, 0.15) is 11.7 Å². The zero-order chi connectivity index (χ0) is 11.3. The molecule has 5 nitrogen and oxygen atoms in total. The van der Waals surface area contributed by atoms with Gasteiger partial charge in [-0.1, -0.05) is 0 Å². The quantitative estimate of drug-likeness (QED) is 0.304. The minimum Gasteiger partial charge on any atom is -0.312 e. The lowest BCUT2D eigenvalue weighted by atomic mass is 10.1. The van der Waals surface area contributed by atoms with Crippen LogP contribution in [-0.2, 0) is 0 Å². The van der Waals surface area contributed by atoms with Gasteiger partial charge in [0.15, 0.2) is 0 Å². The number of nitrogens with zero attached hydrogens (tertiary/aromatic N) is 1. The monoisotopic (exact) mass is 227 g/mol. The molecule has 0 amide bonds. The molecule has 6 heteroatoms. The zero-order valence-corrected chi connectivity index (χ0v) is 8.98. The maximum absolute atomic E-state index is 10.4. The summed E-state index contributed by atoms with van der Waals surface area (Å²) in [6.45, 7) is 0.696. The van der Waals surface area contributed by atoms with Crippen LogP contribution in [0.4, 0.5) is 5.69 Å². The first kappa shape index (κ1) is 12.0. The molecule has 1 aromatic rings. The fourth-order valence-corrected chi connectivity index (χ4v) is 1.27. The highest BCUT2D eigenvalue weighted by molar-refractivity contribution is 7.80. The zero-order valence-electron chi connectivity index (χ0n) is 8.09. The van der Waals surface area contributed by atoms with Crippen LogP contribution in [0.25, 0.3) is 0 Å². The minimum absolute atomic E-state index is 0.0696. The molecule has 0 saturated heterocycles. The Kier molecular flexibility index (Phi) is 4.54. The van der Waals surface area contributed by atoms with Crippen molar-refractivity contribution in [2.45, 2.75) is 6.17 Å². The van der Waals surface area contributed by atoms with Gasteiger partial charge >= 0.3 is 0 Å². The summed E-state index contributed by atoms with van der Waals surface area (Å²) in [5.74, 6) is 0.695. The molecule has 0 unspecified atom stereocenters. The number of non-ortho nitro benzene ring substituents is 1. The summed E-state index contributed by atoms with van der Waals surface area (Å²) in [6, 6.07) is 6.18. The van der Waals surface area contributed by atoms with Gasteiger partial charge in [0.1, 0.15) is 0 Å². The smallest absolute Gasteiger partial charge is 0.269 e. The van der Waals surface area contributed by atoms with E-state index >= 15 is 0 Å². The molecule has 1 rings (SSSR count). The first-order valence-corrected chi connectivity index (χ1v) is 5.12. The van der Waals surface area contributed by atoms with Gasteiger partial charge in [-0.2, -0.15) is 12.6 Å². The van der Waals surface area contributed by atoms with E-state index in [4.69, 9.17) is 5.73 Å². The van der Waals surface area contributed by atoms with Gasteiger partial charge in [-0.25, -0.2) is 0 Å². The van der Waals surface area contributed by atoms with E-state index < -0.39 is 4.92 Å². The molecular weight excluding hydrogens is 214 g/mol. The Morgan fingerprint density at radius 2 is 2.07 bits per heavy atom. The molecule has 82 valence electrons. The van der Waals surface area contributed by atoms with Gasteiger partial charge in [-0.05, 0) is 17.7 Å². The number of nitro groups is 1. The van der Waals surface area contributed by atoms with Crippen molar-refractivity contribution in [3.63, 3.8) is 0 Å². The summed E-state index contributed by atoms with van der Waals surface area (Å²) in [4.78, 5) is 9.97. The van der Waals surface area contributed by atoms with Crippen LogP contribution in [0.5, 0.6) is 0 Å². The second-order valence-electron chi connectivity index (χ2n) is 3.00. The number of rotatable bonds is 5. The Bertz CT molecular complexity index is 329. The topological polar surface area (TPSA) is 81.2 Å². The van der Waals surface area contributed by atoms with Crippen molar-refractivity contribution in [1.29, 1.82) is 0 Å². The summed E-state index contributed by atoms with van der Waals surface area (Å²) < 4.78 is 0. The fraction of sp³-hybridized carbons (Fsp3) is 0.333. The average molecular weight is 227 g/mol. The first-order chi connectivity index (χ1) is 7.15. The largest absolute Gasteiger partial charge is 0.312 e. The molecule has 0 aliphatic heterocycles. The van der Waals surface area contributed by atoms with E-state index in [-0.39, 0.29) is 11.9 Å². The van der Waals surface area contributed by atoms with E-state index in [9.17, 15) is 10.1 Å². The minimum atomic E-state index is -0.434. The van der Waals surface area contributed by atoms with Crippen molar-refractivity contribution < 1.29 is 4.92 Å². The molecule has 3 N–H and O–H groups in total. The molecule has 0 saturated carbocycles. The predicted molar refractivity (Wildman–Crippen MR) is 61.9 cm³/mol. The maximum Gasteiger partial charge on any atom is 0.269 e. The van der Waals surface area contributed by atoms with E-state index in [1.54, 1.807) is 12.1 Å². The Labute approximate surface area is 93.2 Å². The fourth-order valence-electron chi connectivity index (χ4n) is 1.14. The van der Waals surface area contributed by atoms with Crippen LogP contribution in [0.3, 0.4) is 0 Å². The van der Waals surface area contributed by atoms with E-state index in [1.807, 2.05) is 0 Å². The van der Waals surface area contributed by atoms with Crippen molar-refractivity contribution in [3.05, 3.63) is 39.9 Å². The SMILES string of the molecule is N[C@H](NCCS)c1ccc([N+](=O)[O-])cc1. The standard InChI is InChI=1S/C9H13N3O2S/c10-9(11-5-6-15)7-1-3-8(4-2-7)12(13)14/h1-4,9,11,15H,5-6,10H2/t9-/m1/s1. The number of thiol groups is 1. The highest BCUT2D eigenvalue weighted by Crippen LogP contribution is 2.14. The van der Waals surface area contributed by atoms with Crippen LogP contribution in [0.15, 0.2) is 24.3 Å². The molecule has 0 radical (unpaired) electrons. The predicted octanol–water partition coefficient (Wildman–Crippen LogP) is 1.07. The van der Waals surface area contributed by atoms with Gasteiger partial charge in [0.05, 0.1) is 11.1 Å². The number of hydrogen-bond acceptors (Lipinski definition) is 5. The summed E-state index contributed by atoms with van der Waals surface area (Å²) >= 11 is 4.04. The maximum atomic E-state index is 10.4. The molecule has 15 heavy (non-hydrogen) atoms. The van der Waals surface area contributed by atoms with E-state index in [1.165, 1.54) is 12.1 Å². The third kappa shape index (κ3) is 3.50. The van der Waals surface area contributed by atoms with Crippen molar-refractivity contribution >= 4 is 18.3 Å².